The minimum absolute atomic E-state index is 0.641. The van der Waals surface area contributed by atoms with Gasteiger partial charge in [0.1, 0.15) is 5.75 Å². The van der Waals surface area contributed by atoms with Crippen LogP contribution < -0.4 is 9.64 Å². The molecule has 0 saturated heterocycles. The molecule has 0 N–H and O–H groups in total. The third-order valence-corrected chi connectivity index (χ3v) is 5.84. The number of anilines is 2. The number of hydrogen-bond acceptors (Lipinski definition) is 5. The van der Waals surface area contributed by atoms with Crippen molar-refractivity contribution in [3.8, 4) is 5.75 Å². The van der Waals surface area contributed by atoms with Crippen molar-refractivity contribution in [2.24, 2.45) is 0 Å². The van der Waals surface area contributed by atoms with Gasteiger partial charge in [-0.15, -0.1) is 10.2 Å². The summed E-state index contributed by atoms with van der Waals surface area (Å²) in [6.45, 7) is 1.72. The predicted molar refractivity (Wildman–Crippen MR) is 106 cm³/mol. The maximum Gasteiger partial charge on any atom is 0.232 e. The van der Waals surface area contributed by atoms with Crippen molar-refractivity contribution < 1.29 is 4.74 Å². The molecule has 1 aromatic heterocycles. The van der Waals surface area contributed by atoms with Crippen molar-refractivity contribution >= 4 is 46.6 Å². The van der Waals surface area contributed by atoms with E-state index in [4.69, 9.17) is 27.9 Å². The largest absolute Gasteiger partial charge is 0.497 e. The summed E-state index contributed by atoms with van der Waals surface area (Å²) in [7, 11) is 1.66. The van der Waals surface area contributed by atoms with Gasteiger partial charge in [-0.1, -0.05) is 41.0 Å². The zero-order chi connectivity index (χ0) is 18.1. The molecule has 8 heteroatoms. The van der Waals surface area contributed by atoms with E-state index < -0.39 is 0 Å². The van der Waals surface area contributed by atoms with Crippen molar-refractivity contribution in [2.75, 3.05) is 18.6 Å². The number of rotatable bonds is 5. The molecule has 2 heterocycles. The standard InChI is InChI=1S/C18H16Cl2N4OS/c1-25-15-6-4-14(5-7-15)23-8-9-24-17(23)21-22-18(24)26-11-12-2-3-13(19)10-16(12)20/h2-7,10H,8-9,11H2,1H3. The summed E-state index contributed by atoms with van der Waals surface area (Å²) in [4.78, 5) is 2.16. The summed E-state index contributed by atoms with van der Waals surface area (Å²) in [5.74, 6) is 2.42. The molecule has 0 spiro atoms. The fourth-order valence-electron chi connectivity index (χ4n) is 2.87. The zero-order valence-electron chi connectivity index (χ0n) is 14.0. The number of hydrogen-bond donors (Lipinski definition) is 0. The average molecular weight is 407 g/mol. The molecule has 0 radical (unpaired) electrons. The van der Waals surface area contributed by atoms with Crippen molar-refractivity contribution in [3.63, 3.8) is 0 Å². The number of methoxy groups -OCH3 is 1. The van der Waals surface area contributed by atoms with E-state index >= 15 is 0 Å². The highest BCUT2D eigenvalue weighted by molar-refractivity contribution is 7.98. The van der Waals surface area contributed by atoms with E-state index in [-0.39, 0.29) is 0 Å². The number of nitrogens with zero attached hydrogens (tertiary/aromatic N) is 4. The highest BCUT2D eigenvalue weighted by atomic mass is 35.5. The minimum atomic E-state index is 0.641. The lowest BCUT2D eigenvalue weighted by molar-refractivity contribution is 0.415. The summed E-state index contributed by atoms with van der Waals surface area (Å²) in [5.41, 5.74) is 2.11. The van der Waals surface area contributed by atoms with Gasteiger partial charge in [-0.2, -0.15) is 0 Å². The SMILES string of the molecule is COc1ccc(N2CCn3c(SCc4ccc(Cl)cc4Cl)nnc32)cc1. The molecule has 2 aromatic carbocycles. The molecule has 4 rings (SSSR count). The zero-order valence-corrected chi connectivity index (χ0v) is 16.4. The van der Waals surface area contributed by atoms with Gasteiger partial charge in [-0.3, -0.25) is 4.57 Å². The monoisotopic (exact) mass is 406 g/mol. The Morgan fingerprint density at radius 2 is 1.88 bits per heavy atom. The molecule has 26 heavy (non-hydrogen) atoms. The lowest BCUT2D eigenvalue weighted by Crippen LogP contribution is -2.14. The summed E-state index contributed by atoms with van der Waals surface area (Å²) in [5, 5.41) is 10.9. The molecule has 0 atom stereocenters. The first-order chi connectivity index (χ1) is 12.7. The van der Waals surface area contributed by atoms with Gasteiger partial charge in [0.05, 0.1) is 7.11 Å². The highest BCUT2D eigenvalue weighted by Gasteiger charge is 2.26. The van der Waals surface area contributed by atoms with Crippen LogP contribution in [-0.4, -0.2) is 28.4 Å². The third-order valence-electron chi connectivity index (χ3n) is 4.24. The Labute approximate surface area is 165 Å². The van der Waals surface area contributed by atoms with E-state index in [1.165, 1.54) is 0 Å². The molecule has 0 bridgehead atoms. The van der Waals surface area contributed by atoms with Gasteiger partial charge in [0.25, 0.3) is 0 Å². The summed E-state index contributed by atoms with van der Waals surface area (Å²) in [6.07, 6.45) is 0. The topological polar surface area (TPSA) is 43.2 Å². The van der Waals surface area contributed by atoms with Crippen molar-refractivity contribution in [3.05, 3.63) is 58.1 Å². The average Bonchev–Trinajstić information content (AvgIpc) is 3.23. The maximum absolute atomic E-state index is 6.26. The van der Waals surface area contributed by atoms with Crippen LogP contribution in [0.25, 0.3) is 0 Å². The minimum Gasteiger partial charge on any atom is -0.497 e. The number of thioether (sulfide) groups is 1. The molecule has 0 unspecified atom stereocenters. The van der Waals surface area contributed by atoms with Gasteiger partial charge in [0.2, 0.25) is 5.95 Å². The molecule has 1 aliphatic heterocycles. The van der Waals surface area contributed by atoms with Gasteiger partial charge in [-0.25, -0.2) is 0 Å². The molecular weight excluding hydrogens is 391 g/mol. The van der Waals surface area contributed by atoms with Gasteiger partial charge in [-0.05, 0) is 42.0 Å². The van der Waals surface area contributed by atoms with Gasteiger partial charge >= 0.3 is 0 Å². The van der Waals surface area contributed by atoms with Crippen LogP contribution in [0.15, 0.2) is 47.6 Å². The number of fused-ring (bicyclic) bond motifs is 1. The Morgan fingerprint density at radius 3 is 2.62 bits per heavy atom. The maximum atomic E-state index is 6.26. The lowest BCUT2D eigenvalue weighted by Gasteiger charge is -2.15. The molecule has 0 saturated carbocycles. The lowest BCUT2D eigenvalue weighted by atomic mass is 10.2. The van der Waals surface area contributed by atoms with Crippen LogP contribution in [-0.2, 0) is 12.3 Å². The molecular formula is C18H16Cl2N4OS. The normalized spacial score (nSPS) is 13.1. The van der Waals surface area contributed by atoms with Crippen LogP contribution in [0.2, 0.25) is 10.0 Å². The second-order valence-corrected chi connectivity index (χ2v) is 7.59. The van der Waals surface area contributed by atoms with Crippen molar-refractivity contribution in [1.82, 2.24) is 14.8 Å². The van der Waals surface area contributed by atoms with Crippen molar-refractivity contribution in [1.29, 1.82) is 0 Å². The quantitative estimate of drug-likeness (QED) is 0.555. The van der Waals surface area contributed by atoms with Crippen LogP contribution in [0.1, 0.15) is 5.56 Å². The first-order valence-electron chi connectivity index (χ1n) is 8.07. The van der Waals surface area contributed by atoms with Crippen LogP contribution in [0, 0.1) is 0 Å². The Kier molecular flexibility index (Phi) is 4.98. The van der Waals surface area contributed by atoms with E-state index in [2.05, 4.69) is 19.7 Å². The van der Waals surface area contributed by atoms with E-state index in [1.807, 2.05) is 36.4 Å². The first kappa shape index (κ1) is 17.5. The fourth-order valence-corrected chi connectivity index (χ4v) is 4.39. The molecule has 1 aliphatic rings. The predicted octanol–water partition coefficient (Wildman–Crippen LogP) is 5.04. The molecule has 0 amide bonds. The van der Waals surface area contributed by atoms with Crippen LogP contribution in [0.5, 0.6) is 5.75 Å². The van der Waals surface area contributed by atoms with Gasteiger partial charge in [0.15, 0.2) is 5.16 Å². The second-order valence-electron chi connectivity index (χ2n) is 5.81. The molecule has 0 fully saturated rings. The van der Waals surface area contributed by atoms with E-state index in [9.17, 15) is 0 Å². The Balaban J connectivity index is 1.51. The van der Waals surface area contributed by atoms with Gasteiger partial charge in [0, 0.05) is 34.6 Å². The fraction of sp³-hybridized carbons (Fsp3) is 0.222. The molecule has 5 nitrogen and oxygen atoms in total. The molecule has 3 aromatic rings. The Hall–Kier alpha value is -1.89. The van der Waals surface area contributed by atoms with E-state index in [0.29, 0.717) is 10.0 Å². The number of ether oxygens (including phenoxy) is 1. The highest BCUT2D eigenvalue weighted by Crippen LogP contribution is 2.34. The second kappa shape index (κ2) is 7.39. The van der Waals surface area contributed by atoms with E-state index in [1.54, 1.807) is 24.9 Å². The number of aromatic nitrogens is 3. The van der Waals surface area contributed by atoms with Crippen molar-refractivity contribution in [2.45, 2.75) is 17.5 Å². The molecule has 134 valence electrons. The number of halogens is 2. The van der Waals surface area contributed by atoms with Crippen LogP contribution in [0.3, 0.4) is 0 Å². The summed E-state index contributed by atoms with van der Waals surface area (Å²) < 4.78 is 7.36. The molecule has 0 aliphatic carbocycles. The summed E-state index contributed by atoms with van der Waals surface area (Å²) >= 11 is 13.8. The Bertz CT molecular complexity index is 929. The first-order valence-corrected chi connectivity index (χ1v) is 9.81. The van der Waals surface area contributed by atoms with Crippen LogP contribution >= 0.6 is 35.0 Å². The Morgan fingerprint density at radius 1 is 1.08 bits per heavy atom. The summed E-state index contributed by atoms with van der Waals surface area (Å²) in [6, 6.07) is 13.5. The smallest absolute Gasteiger partial charge is 0.232 e. The van der Waals surface area contributed by atoms with Gasteiger partial charge < -0.3 is 9.64 Å². The third kappa shape index (κ3) is 3.37. The number of benzene rings is 2. The van der Waals surface area contributed by atoms with E-state index in [0.717, 1.165) is 46.9 Å². The van der Waals surface area contributed by atoms with Crippen LogP contribution in [0.4, 0.5) is 11.6 Å².